The Labute approximate surface area is 190 Å². The highest BCUT2D eigenvalue weighted by atomic mass is 16.5. The first-order valence-electron chi connectivity index (χ1n) is 11.1. The molecule has 0 aromatic heterocycles. The van der Waals surface area contributed by atoms with E-state index < -0.39 is 5.60 Å². The Hall–Kier alpha value is -2.99. The van der Waals surface area contributed by atoms with Crippen molar-refractivity contribution >= 4 is 17.2 Å². The SMILES string of the molecule is COc1cc2c(cc1OC)C(c1ccc(N3CCC(C)(O)C3)cc1)=CN(C(C)=O)[C@H](C)C2. The van der Waals surface area contributed by atoms with Gasteiger partial charge in [0.1, 0.15) is 0 Å². The maximum atomic E-state index is 12.4. The average molecular weight is 437 g/mol. The maximum absolute atomic E-state index is 12.4. The van der Waals surface area contributed by atoms with Crippen molar-refractivity contribution in [2.24, 2.45) is 0 Å². The Kier molecular flexibility index (Phi) is 5.91. The standard InChI is InChI=1S/C26H32N2O4/c1-17-12-20-13-24(31-4)25(32-5)14-22(20)23(15-28(17)18(2)29)19-6-8-21(9-7-19)27-11-10-26(3,30)16-27/h6-9,13-15,17,30H,10-12,16H2,1-5H3/t17-,26?/m1/s1. The Bertz CT molecular complexity index is 1040. The van der Waals surface area contributed by atoms with Crippen LogP contribution in [-0.2, 0) is 11.2 Å². The van der Waals surface area contributed by atoms with Crippen LogP contribution >= 0.6 is 0 Å². The predicted octanol–water partition coefficient (Wildman–Crippen LogP) is 3.85. The zero-order valence-corrected chi connectivity index (χ0v) is 19.5. The highest BCUT2D eigenvalue weighted by Gasteiger charge is 2.31. The lowest BCUT2D eigenvalue weighted by Gasteiger charge is -2.23. The third kappa shape index (κ3) is 4.19. The molecule has 170 valence electrons. The van der Waals surface area contributed by atoms with Gasteiger partial charge in [-0.15, -0.1) is 0 Å². The van der Waals surface area contributed by atoms with Crippen molar-refractivity contribution in [3.63, 3.8) is 0 Å². The first-order chi connectivity index (χ1) is 15.2. The molecule has 0 radical (unpaired) electrons. The highest BCUT2D eigenvalue weighted by molar-refractivity contribution is 5.87. The van der Waals surface area contributed by atoms with Gasteiger partial charge in [-0.05, 0) is 67.6 Å². The Morgan fingerprint density at radius 2 is 1.78 bits per heavy atom. The second-order valence-electron chi connectivity index (χ2n) is 9.10. The topological polar surface area (TPSA) is 62.2 Å². The van der Waals surface area contributed by atoms with Crippen molar-refractivity contribution in [1.29, 1.82) is 0 Å². The summed E-state index contributed by atoms with van der Waals surface area (Å²) in [7, 11) is 3.27. The lowest BCUT2D eigenvalue weighted by molar-refractivity contribution is -0.127. The molecule has 2 heterocycles. The number of β-amino-alcohol motifs (C(OH)–C–C–N with tert-alkyl or cyclic N) is 1. The summed E-state index contributed by atoms with van der Waals surface area (Å²) in [6.07, 6.45) is 3.44. The number of benzene rings is 2. The molecule has 0 bridgehead atoms. The average Bonchev–Trinajstić information content (AvgIpc) is 3.06. The summed E-state index contributed by atoms with van der Waals surface area (Å²) in [6, 6.07) is 12.4. The molecule has 1 N–H and O–H groups in total. The molecular weight excluding hydrogens is 404 g/mol. The van der Waals surface area contributed by atoms with Crippen molar-refractivity contribution in [1.82, 2.24) is 4.90 Å². The number of fused-ring (bicyclic) bond motifs is 1. The summed E-state index contributed by atoms with van der Waals surface area (Å²) in [6.45, 7) is 7.01. The minimum Gasteiger partial charge on any atom is -0.493 e. The van der Waals surface area contributed by atoms with Crippen LogP contribution in [0.25, 0.3) is 5.57 Å². The summed E-state index contributed by atoms with van der Waals surface area (Å²) < 4.78 is 11.1. The molecule has 0 aliphatic carbocycles. The van der Waals surface area contributed by atoms with Crippen molar-refractivity contribution in [2.75, 3.05) is 32.2 Å². The Balaban J connectivity index is 1.78. The van der Waals surface area contributed by atoms with Gasteiger partial charge in [0, 0.05) is 43.5 Å². The molecule has 6 nitrogen and oxygen atoms in total. The fourth-order valence-corrected chi connectivity index (χ4v) is 4.74. The normalized spacial score (nSPS) is 22.8. The fourth-order valence-electron chi connectivity index (χ4n) is 4.74. The highest BCUT2D eigenvalue weighted by Crippen LogP contribution is 2.39. The first kappa shape index (κ1) is 22.2. The number of methoxy groups -OCH3 is 2. The quantitative estimate of drug-likeness (QED) is 0.789. The number of nitrogens with zero attached hydrogens (tertiary/aromatic N) is 2. The van der Waals surface area contributed by atoms with Gasteiger partial charge in [0.2, 0.25) is 5.91 Å². The zero-order chi connectivity index (χ0) is 23.0. The minimum absolute atomic E-state index is 0.0117. The first-order valence-corrected chi connectivity index (χ1v) is 11.1. The van der Waals surface area contributed by atoms with E-state index in [1.54, 1.807) is 26.0 Å². The molecule has 2 aliphatic rings. The van der Waals surface area contributed by atoms with Crippen molar-refractivity contribution in [3.05, 3.63) is 59.3 Å². The molecule has 1 amide bonds. The molecule has 1 fully saturated rings. The van der Waals surface area contributed by atoms with Crippen LogP contribution in [-0.4, -0.2) is 54.9 Å². The molecule has 0 saturated carbocycles. The van der Waals surface area contributed by atoms with Gasteiger partial charge in [-0.2, -0.15) is 0 Å². The number of anilines is 1. The summed E-state index contributed by atoms with van der Waals surface area (Å²) in [5, 5.41) is 10.3. The van der Waals surface area contributed by atoms with Crippen LogP contribution in [0.1, 0.15) is 43.9 Å². The summed E-state index contributed by atoms with van der Waals surface area (Å²) in [5.74, 6) is 1.36. The van der Waals surface area contributed by atoms with Gasteiger partial charge < -0.3 is 24.4 Å². The monoisotopic (exact) mass is 436 g/mol. The van der Waals surface area contributed by atoms with Crippen LogP contribution in [0.15, 0.2) is 42.6 Å². The van der Waals surface area contributed by atoms with Gasteiger partial charge in [-0.25, -0.2) is 0 Å². The number of carbonyl (C=O) groups excluding carboxylic acids is 1. The maximum Gasteiger partial charge on any atom is 0.223 e. The van der Waals surface area contributed by atoms with Gasteiger partial charge in [0.25, 0.3) is 0 Å². The molecule has 32 heavy (non-hydrogen) atoms. The van der Waals surface area contributed by atoms with Crippen LogP contribution in [0.5, 0.6) is 11.5 Å². The molecule has 2 aromatic carbocycles. The predicted molar refractivity (Wildman–Crippen MR) is 126 cm³/mol. The minimum atomic E-state index is -0.644. The Morgan fingerprint density at radius 3 is 2.34 bits per heavy atom. The van der Waals surface area contributed by atoms with Crippen LogP contribution in [0.3, 0.4) is 0 Å². The Morgan fingerprint density at radius 1 is 1.12 bits per heavy atom. The van der Waals surface area contributed by atoms with Crippen LogP contribution in [0.4, 0.5) is 5.69 Å². The molecule has 2 atom stereocenters. The van der Waals surface area contributed by atoms with E-state index in [4.69, 9.17) is 9.47 Å². The summed E-state index contributed by atoms with van der Waals surface area (Å²) >= 11 is 0. The number of ether oxygens (including phenoxy) is 2. The van der Waals surface area contributed by atoms with Gasteiger partial charge in [-0.1, -0.05) is 12.1 Å². The van der Waals surface area contributed by atoms with Gasteiger partial charge >= 0.3 is 0 Å². The van der Waals surface area contributed by atoms with Gasteiger partial charge in [-0.3, -0.25) is 4.79 Å². The number of hydrogen-bond acceptors (Lipinski definition) is 5. The van der Waals surface area contributed by atoms with Crippen molar-refractivity contribution < 1.29 is 19.4 Å². The molecule has 1 saturated heterocycles. The van der Waals surface area contributed by atoms with E-state index in [-0.39, 0.29) is 11.9 Å². The van der Waals surface area contributed by atoms with E-state index in [9.17, 15) is 9.90 Å². The second kappa shape index (κ2) is 8.51. The van der Waals surface area contributed by atoms with Crippen LogP contribution in [0, 0.1) is 0 Å². The molecule has 2 aromatic rings. The van der Waals surface area contributed by atoms with E-state index >= 15 is 0 Å². The van der Waals surface area contributed by atoms with E-state index in [0.29, 0.717) is 18.0 Å². The molecule has 1 unspecified atom stereocenters. The number of hydrogen-bond donors (Lipinski definition) is 1. The second-order valence-corrected chi connectivity index (χ2v) is 9.10. The fraction of sp³-hybridized carbons (Fsp3) is 0.423. The third-order valence-corrected chi connectivity index (χ3v) is 6.52. The number of carbonyl (C=O) groups is 1. The largest absolute Gasteiger partial charge is 0.493 e. The lowest BCUT2D eigenvalue weighted by Crippen LogP contribution is -2.33. The zero-order valence-electron chi connectivity index (χ0n) is 19.5. The smallest absolute Gasteiger partial charge is 0.223 e. The molecule has 4 rings (SSSR count). The van der Waals surface area contributed by atoms with Crippen molar-refractivity contribution in [3.8, 4) is 11.5 Å². The number of aliphatic hydroxyl groups is 1. The van der Waals surface area contributed by atoms with Crippen molar-refractivity contribution in [2.45, 2.75) is 45.3 Å². The van der Waals surface area contributed by atoms with E-state index in [1.807, 2.05) is 25.3 Å². The third-order valence-electron chi connectivity index (χ3n) is 6.52. The van der Waals surface area contributed by atoms with Crippen LogP contribution < -0.4 is 14.4 Å². The van der Waals surface area contributed by atoms with Gasteiger partial charge in [0.05, 0.1) is 19.8 Å². The number of amides is 1. The van der Waals surface area contributed by atoms with E-state index in [1.165, 1.54) is 0 Å². The van der Waals surface area contributed by atoms with E-state index in [2.05, 4.69) is 36.1 Å². The van der Waals surface area contributed by atoms with E-state index in [0.717, 1.165) is 47.3 Å². The lowest BCUT2D eigenvalue weighted by atomic mass is 9.92. The molecular formula is C26H32N2O4. The molecule has 6 heteroatoms. The summed E-state index contributed by atoms with van der Waals surface area (Å²) in [5.41, 5.74) is 4.59. The molecule has 2 aliphatic heterocycles. The number of rotatable bonds is 4. The summed E-state index contributed by atoms with van der Waals surface area (Å²) in [4.78, 5) is 16.4. The molecule has 0 spiro atoms. The van der Waals surface area contributed by atoms with Gasteiger partial charge in [0.15, 0.2) is 11.5 Å². The van der Waals surface area contributed by atoms with Crippen LogP contribution in [0.2, 0.25) is 0 Å².